The smallest absolute Gasteiger partial charge is 0.254 e. The molecule has 0 saturated carbocycles. The molecule has 0 aliphatic carbocycles. The number of carbonyl (C=O) groups excluding carboxylic acids is 1. The van der Waals surface area contributed by atoms with E-state index >= 15 is 0 Å². The van der Waals surface area contributed by atoms with Gasteiger partial charge in [0.1, 0.15) is 6.04 Å². The third-order valence-electron chi connectivity index (χ3n) is 5.00. The second-order valence-electron chi connectivity index (χ2n) is 7.42. The summed E-state index contributed by atoms with van der Waals surface area (Å²) in [5.74, 6) is 1.12. The van der Waals surface area contributed by atoms with Crippen molar-refractivity contribution in [2.45, 2.75) is 31.8 Å². The molecule has 7 nitrogen and oxygen atoms in total. The number of benzene rings is 1. The SMILES string of the molecule is CN(C)Cc1nnc(C2CCCCN2C(=O)c2ccc(-n3cccc3)cc2)o1. The fourth-order valence-electron chi connectivity index (χ4n) is 3.62. The summed E-state index contributed by atoms with van der Waals surface area (Å²) >= 11 is 0. The number of nitrogens with zero attached hydrogens (tertiary/aromatic N) is 5. The molecule has 1 fully saturated rings. The van der Waals surface area contributed by atoms with Gasteiger partial charge in [0.05, 0.1) is 6.54 Å². The lowest BCUT2D eigenvalue weighted by Crippen LogP contribution is -2.38. The topological polar surface area (TPSA) is 67.4 Å². The second kappa shape index (κ2) is 7.98. The highest BCUT2D eigenvalue weighted by molar-refractivity contribution is 5.94. The quantitative estimate of drug-likeness (QED) is 0.680. The number of amides is 1. The van der Waals surface area contributed by atoms with Crippen LogP contribution in [0.4, 0.5) is 0 Å². The first-order chi connectivity index (χ1) is 13.6. The second-order valence-corrected chi connectivity index (χ2v) is 7.42. The van der Waals surface area contributed by atoms with Crippen molar-refractivity contribution in [3.8, 4) is 5.69 Å². The molecule has 146 valence electrons. The number of aromatic nitrogens is 3. The molecule has 1 amide bonds. The fraction of sp³-hybridized carbons (Fsp3) is 0.381. The first-order valence-electron chi connectivity index (χ1n) is 9.63. The minimum Gasteiger partial charge on any atom is -0.422 e. The molecule has 28 heavy (non-hydrogen) atoms. The van der Waals surface area contributed by atoms with Gasteiger partial charge in [0.2, 0.25) is 11.8 Å². The maximum atomic E-state index is 13.2. The number of rotatable bonds is 5. The number of hydrogen-bond donors (Lipinski definition) is 0. The summed E-state index contributed by atoms with van der Waals surface area (Å²) in [4.78, 5) is 17.0. The van der Waals surface area contributed by atoms with Gasteiger partial charge in [-0.05, 0) is 69.8 Å². The molecule has 1 atom stereocenters. The first kappa shape index (κ1) is 18.4. The molecule has 0 bridgehead atoms. The van der Waals surface area contributed by atoms with Crippen molar-refractivity contribution in [2.75, 3.05) is 20.6 Å². The molecule has 1 aliphatic rings. The van der Waals surface area contributed by atoms with Crippen molar-refractivity contribution in [3.05, 3.63) is 66.1 Å². The van der Waals surface area contributed by atoms with Gasteiger partial charge >= 0.3 is 0 Å². The molecule has 4 rings (SSSR count). The van der Waals surface area contributed by atoms with E-state index in [2.05, 4.69) is 10.2 Å². The Hall–Kier alpha value is -2.93. The fourth-order valence-corrected chi connectivity index (χ4v) is 3.62. The van der Waals surface area contributed by atoms with Crippen LogP contribution in [-0.2, 0) is 6.54 Å². The van der Waals surface area contributed by atoms with E-state index in [0.717, 1.165) is 24.9 Å². The van der Waals surface area contributed by atoms with Crippen molar-refractivity contribution in [1.82, 2.24) is 24.6 Å². The first-order valence-corrected chi connectivity index (χ1v) is 9.63. The van der Waals surface area contributed by atoms with Crippen LogP contribution in [0.15, 0.2) is 53.2 Å². The van der Waals surface area contributed by atoms with Crippen molar-refractivity contribution in [2.24, 2.45) is 0 Å². The number of carbonyl (C=O) groups is 1. The van der Waals surface area contributed by atoms with Gasteiger partial charge in [0.25, 0.3) is 5.91 Å². The maximum Gasteiger partial charge on any atom is 0.254 e. The third-order valence-corrected chi connectivity index (χ3v) is 5.00. The molecular weight excluding hydrogens is 354 g/mol. The zero-order chi connectivity index (χ0) is 19.5. The van der Waals surface area contributed by atoms with Crippen molar-refractivity contribution in [1.29, 1.82) is 0 Å². The van der Waals surface area contributed by atoms with Crippen molar-refractivity contribution < 1.29 is 9.21 Å². The predicted octanol–water partition coefficient (Wildman–Crippen LogP) is 3.29. The average Bonchev–Trinajstić information content (AvgIpc) is 3.39. The van der Waals surface area contributed by atoms with Crippen LogP contribution >= 0.6 is 0 Å². The highest BCUT2D eigenvalue weighted by atomic mass is 16.4. The van der Waals surface area contributed by atoms with Crippen LogP contribution in [0, 0.1) is 0 Å². The van der Waals surface area contributed by atoms with E-state index in [9.17, 15) is 4.79 Å². The van der Waals surface area contributed by atoms with Crippen LogP contribution < -0.4 is 0 Å². The van der Waals surface area contributed by atoms with Crippen LogP contribution in [0.2, 0.25) is 0 Å². The van der Waals surface area contributed by atoms with Gasteiger partial charge in [-0.25, -0.2) is 0 Å². The Morgan fingerprint density at radius 3 is 2.61 bits per heavy atom. The summed E-state index contributed by atoms with van der Waals surface area (Å²) in [6.07, 6.45) is 6.85. The zero-order valence-electron chi connectivity index (χ0n) is 16.3. The van der Waals surface area contributed by atoms with Gasteiger partial charge < -0.3 is 18.8 Å². The van der Waals surface area contributed by atoms with E-state index in [-0.39, 0.29) is 11.9 Å². The lowest BCUT2D eigenvalue weighted by Gasteiger charge is -2.33. The molecule has 1 aromatic carbocycles. The molecule has 1 unspecified atom stereocenters. The van der Waals surface area contributed by atoms with Gasteiger partial charge in [-0.3, -0.25) is 4.79 Å². The van der Waals surface area contributed by atoms with Crippen LogP contribution in [0.25, 0.3) is 5.69 Å². The van der Waals surface area contributed by atoms with Crippen LogP contribution in [0.3, 0.4) is 0 Å². The molecular formula is C21H25N5O2. The van der Waals surface area contributed by atoms with Gasteiger partial charge in [-0.2, -0.15) is 0 Å². The Balaban J connectivity index is 1.53. The molecule has 2 aromatic heterocycles. The van der Waals surface area contributed by atoms with Gasteiger partial charge in [-0.15, -0.1) is 10.2 Å². The van der Waals surface area contributed by atoms with Crippen LogP contribution in [0.1, 0.15) is 47.4 Å². The summed E-state index contributed by atoms with van der Waals surface area (Å²) in [6, 6.07) is 11.5. The Morgan fingerprint density at radius 1 is 1.14 bits per heavy atom. The number of piperidine rings is 1. The Morgan fingerprint density at radius 2 is 1.89 bits per heavy atom. The summed E-state index contributed by atoms with van der Waals surface area (Å²) in [5, 5.41) is 8.37. The summed E-state index contributed by atoms with van der Waals surface area (Å²) in [7, 11) is 3.91. The molecule has 3 aromatic rings. The summed E-state index contributed by atoms with van der Waals surface area (Å²) < 4.78 is 7.87. The van der Waals surface area contributed by atoms with E-state index < -0.39 is 0 Å². The minimum absolute atomic E-state index is 0.0103. The van der Waals surface area contributed by atoms with E-state index in [1.165, 1.54) is 0 Å². The molecule has 0 spiro atoms. The number of likely N-dealkylation sites (tertiary alicyclic amines) is 1. The van der Waals surface area contributed by atoms with Gasteiger partial charge in [-0.1, -0.05) is 0 Å². The summed E-state index contributed by atoms with van der Waals surface area (Å²) in [5.41, 5.74) is 1.71. The lowest BCUT2D eigenvalue weighted by atomic mass is 10.0. The normalized spacial score (nSPS) is 17.2. The van der Waals surface area contributed by atoms with Crippen LogP contribution in [-0.4, -0.2) is 51.1 Å². The third kappa shape index (κ3) is 3.84. The predicted molar refractivity (Wildman–Crippen MR) is 105 cm³/mol. The van der Waals surface area contributed by atoms with E-state index in [1.54, 1.807) is 0 Å². The molecule has 1 saturated heterocycles. The highest BCUT2D eigenvalue weighted by Crippen LogP contribution is 2.31. The largest absolute Gasteiger partial charge is 0.422 e. The van der Waals surface area contributed by atoms with Gasteiger partial charge in [0.15, 0.2) is 0 Å². The standard InChI is InChI=1S/C21H25N5O2/c1-24(2)15-19-22-23-20(28-19)18-7-3-4-14-26(18)21(27)16-8-10-17(11-9-16)25-12-5-6-13-25/h5-6,8-13,18H,3-4,7,14-15H2,1-2H3. The molecule has 3 heterocycles. The maximum absolute atomic E-state index is 13.2. The van der Waals surface area contributed by atoms with Gasteiger partial charge in [0, 0.05) is 30.2 Å². The monoisotopic (exact) mass is 379 g/mol. The molecule has 7 heteroatoms. The highest BCUT2D eigenvalue weighted by Gasteiger charge is 2.32. The van der Waals surface area contributed by atoms with Crippen LogP contribution in [0.5, 0.6) is 0 Å². The Kier molecular flexibility index (Phi) is 5.25. The van der Waals surface area contributed by atoms with E-state index in [0.29, 0.717) is 30.4 Å². The molecule has 1 aliphatic heterocycles. The van der Waals surface area contributed by atoms with E-state index in [4.69, 9.17) is 4.42 Å². The molecule has 0 radical (unpaired) electrons. The Labute approximate surface area is 164 Å². The zero-order valence-corrected chi connectivity index (χ0v) is 16.3. The lowest BCUT2D eigenvalue weighted by molar-refractivity contribution is 0.0568. The van der Waals surface area contributed by atoms with E-state index in [1.807, 2.05) is 77.3 Å². The summed E-state index contributed by atoms with van der Waals surface area (Å²) in [6.45, 7) is 1.29. The number of hydrogen-bond acceptors (Lipinski definition) is 5. The minimum atomic E-state index is -0.159. The van der Waals surface area contributed by atoms with Crippen molar-refractivity contribution in [3.63, 3.8) is 0 Å². The average molecular weight is 379 g/mol. The Bertz CT molecular complexity index is 915. The van der Waals surface area contributed by atoms with Crippen molar-refractivity contribution >= 4 is 5.91 Å². The molecule has 0 N–H and O–H groups in total.